The molecule has 0 radical (unpaired) electrons. The number of carbonyl (C=O) groups excluding carboxylic acids is 2. The zero-order valence-electron chi connectivity index (χ0n) is 15.6. The van der Waals surface area contributed by atoms with E-state index in [2.05, 4.69) is 5.32 Å². The molecule has 5 nitrogen and oxygen atoms in total. The minimum absolute atomic E-state index is 0.293. The van der Waals surface area contributed by atoms with E-state index in [1.54, 1.807) is 12.1 Å². The Labute approximate surface area is 167 Å². The standard InChI is InChI=1S/C20H21ClN2O3S/c1-5-14(20(25)26-4)17-18(24)23-19-15(10(2)11(3)27-19)16(22-17)12-6-8-13(21)9-7-12/h6-9,14,17H,5H2,1-4H3,(H,23,24)/t14-,17+/m1/s1. The molecule has 0 spiro atoms. The van der Waals surface area contributed by atoms with Gasteiger partial charge in [0, 0.05) is 21.0 Å². The number of aliphatic imine (C=N–C) groups is 1. The van der Waals surface area contributed by atoms with Crippen LogP contribution in [0.2, 0.25) is 5.02 Å². The molecule has 0 saturated heterocycles. The van der Waals surface area contributed by atoms with Gasteiger partial charge in [-0.25, -0.2) is 0 Å². The van der Waals surface area contributed by atoms with E-state index < -0.39 is 17.9 Å². The van der Waals surface area contributed by atoms with E-state index in [1.165, 1.54) is 18.4 Å². The fraction of sp³-hybridized carbons (Fsp3) is 0.350. The number of benzene rings is 1. The van der Waals surface area contributed by atoms with Crippen LogP contribution in [0.4, 0.5) is 5.00 Å². The van der Waals surface area contributed by atoms with Crippen LogP contribution in [0.5, 0.6) is 0 Å². The topological polar surface area (TPSA) is 67.8 Å². The fourth-order valence-electron chi connectivity index (χ4n) is 3.22. The molecule has 1 amide bonds. The summed E-state index contributed by atoms with van der Waals surface area (Å²) in [7, 11) is 1.33. The van der Waals surface area contributed by atoms with E-state index in [9.17, 15) is 9.59 Å². The highest BCUT2D eigenvalue weighted by molar-refractivity contribution is 7.17. The number of rotatable bonds is 4. The second-order valence-corrected chi connectivity index (χ2v) is 8.11. The number of thiophene rings is 1. The number of esters is 1. The van der Waals surface area contributed by atoms with Gasteiger partial charge in [-0.2, -0.15) is 0 Å². The maximum atomic E-state index is 12.9. The van der Waals surface area contributed by atoms with E-state index in [0.29, 0.717) is 17.2 Å². The molecule has 142 valence electrons. The number of amides is 1. The summed E-state index contributed by atoms with van der Waals surface area (Å²) < 4.78 is 4.90. The van der Waals surface area contributed by atoms with Crippen LogP contribution in [0.25, 0.3) is 0 Å². The molecule has 0 saturated carbocycles. The van der Waals surface area contributed by atoms with Crippen LogP contribution in [-0.2, 0) is 14.3 Å². The second-order valence-electron chi connectivity index (χ2n) is 6.44. The van der Waals surface area contributed by atoms with Crippen molar-refractivity contribution in [1.82, 2.24) is 0 Å². The zero-order chi connectivity index (χ0) is 19.7. The minimum Gasteiger partial charge on any atom is -0.469 e. The van der Waals surface area contributed by atoms with Gasteiger partial charge >= 0.3 is 5.97 Å². The molecule has 3 rings (SSSR count). The Morgan fingerprint density at radius 1 is 1.33 bits per heavy atom. The first-order valence-electron chi connectivity index (χ1n) is 8.70. The summed E-state index contributed by atoms with van der Waals surface area (Å²) in [5, 5.41) is 4.35. The average molecular weight is 405 g/mol. The Morgan fingerprint density at radius 2 is 2.00 bits per heavy atom. The van der Waals surface area contributed by atoms with Crippen LogP contribution in [0, 0.1) is 19.8 Å². The van der Waals surface area contributed by atoms with Gasteiger partial charge in [0.05, 0.1) is 18.7 Å². The number of anilines is 1. The summed E-state index contributed by atoms with van der Waals surface area (Å²) in [5.41, 5.74) is 3.50. The molecule has 2 atom stereocenters. The van der Waals surface area contributed by atoms with E-state index >= 15 is 0 Å². The van der Waals surface area contributed by atoms with Crippen molar-refractivity contribution in [3.63, 3.8) is 0 Å². The van der Waals surface area contributed by atoms with Gasteiger partial charge < -0.3 is 10.1 Å². The molecule has 0 bridgehead atoms. The number of fused-ring (bicyclic) bond motifs is 1. The Hall–Kier alpha value is -2.18. The van der Waals surface area contributed by atoms with Crippen LogP contribution in [0.1, 0.15) is 34.9 Å². The highest BCUT2D eigenvalue weighted by Crippen LogP contribution is 2.37. The number of hydrogen-bond donors (Lipinski definition) is 1. The summed E-state index contributed by atoms with van der Waals surface area (Å²) in [6, 6.07) is 6.49. The lowest BCUT2D eigenvalue weighted by molar-refractivity contribution is -0.147. The third-order valence-electron chi connectivity index (χ3n) is 4.84. The van der Waals surface area contributed by atoms with Crippen molar-refractivity contribution in [1.29, 1.82) is 0 Å². The maximum absolute atomic E-state index is 12.9. The van der Waals surface area contributed by atoms with Gasteiger partial charge in [0.2, 0.25) is 0 Å². The molecule has 27 heavy (non-hydrogen) atoms. The van der Waals surface area contributed by atoms with Crippen molar-refractivity contribution >= 4 is 45.5 Å². The highest BCUT2D eigenvalue weighted by atomic mass is 35.5. The van der Waals surface area contributed by atoms with Gasteiger partial charge in [-0.1, -0.05) is 30.7 Å². The normalized spacial score (nSPS) is 17.4. The van der Waals surface area contributed by atoms with Crippen LogP contribution >= 0.6 is 22.9 Å². The number of nitrogens with one attached hydrogen (secondary N) is 1. The third kappa shape index (κ3) is 3.64. The zero-order valence-corrected chi connectivity index (χ0v) is 17.2. The number of aryl methyl sites for hydroxylation is 1. The number of halogens is 1. The van der Waals surface area contributed by atoms with E-state index in [1.807, 2.05) is 32.9 Å². The van der Waals surface area contributed by atoms with Crippen molar-refractivity contribution in [2.75, 3.05) is 12.4 Å². The SMILES string of the molecule is CC[C@@H](C(=O)OC)[C@@H]1N=C(c2ccc(Cl)cc2)c2c(sc(C)c2C)NC1=O. The van der Waals surface area contributed by atoms with E-state index in [4.69, 9.17) is 21.3 Å². The van der Waals surface area contributed by atoms with Crippen LogP contribution in [-0.4, -0.2) is 30.7 Å². The van der Waals surface area contributed by atoms with Gasteiger partial charge in [-0.05, 0) is 38.0 Å². The largest absolute Gasteiger partial charge is 0.469 e. The lowest BCUT2D eigenvalue weighted by atomic mass is 9.95. The summed E-state index contributed by atoms with van der Waals surface area (Å²) >= 11 is 7.55. The number of nitrogens with zero attached hydrogens (tertiary/aromatic N) is 1. The van der Waals surface area contributed by atoms with Crippen LogP contribution in [0.3, 0.4) is 0 Å². The predicted octanol–water partition coefficient (Wildman–Crippen LogP) is 4.38. The third-order valence-corrected chi connectivity index (χ3v) is 6.21. The van der Waals surface area contributed by atoms with Crippen molar-refractivity contribution in [3.05, 3.63) is 50.9 Å². The minimum atomic E-state index is -0.854. The van der Waals surface area contributed by atoms with Gasteiger partial charge in [0.1, 0.15) is 11.0 Å². The molecule has 7 heteroatoms. The summed E-state index contributed by atoms with van der Waals surface area (Å²) in [6.45, 7) is 5.88. The fourth-order valence-corrected chi connectivity index (χ4v) is 4.41. The Balaban J connectivity index is 2.22. The van der Waals surface area contributed by atoms with Crippen molar-refractivity contribution in [2.24, 2.45) is 10.9 Å². The first-order chi connectivity index (χ1) is 12.9. The highest BCUT2D eigenvalue weighted by Gasteiger charge is 2.37. The quantitative estimate of drug-likeness (QED) is 0.769. The number of carbonyl (C=O) groups is 2. The molecular formula is C20H21ClN2O3S. The van der Waals surface area contributed by atoms with Crippen LogP contribution in [0.15, 0.2) is 29.3 Å². The molecule has 2 heterocycles. The lowest BCUT2D eigenvalue weighted by Crippen LogP contribution is -2.37. The number of ether oxygens (including phenoxy) is 1. The molecule has 1 aromatic carbocycles. The molecule has 1 aliphatic heterocycles. The Kier molecular flexibility index (Phi) is 5.67. The molecule has 0 aliphatic carbocycles. The number of hydrogen-bond acceptors (Lipinski definition) is 5. The van der Waals surface area contributed by atoms with Crippen molar-refractivity contribution in [3.8, 4) is 0 Å². The molecule has 1 N–H and O–H groups in total. The van der Waals surface area contributed by atoms with E-state index in [-0.39, 0.29) is 5.91 Å². The first kappa shape index (κ1) is 19.6. The van der Waals surface area contributed by atoms with Gasteiger partial charge in [-0.15, -0.1) is 11.3 Å². The summed E-state index contributed by atoms with van der Waals surface area (Å²) in [5.74, 6) is -1.37. The summed E-state index contributed by atoms with van der Waals surface area (Å²) in [4.78, 5) is 31.0. The average Bonchev–Trinajstić information content (AvgIpc) is 2.83. The molecule has 1 aromatic heterocycles. The van der Waals surface area contributed by atoms with Gasteiger partial charge in [0.25, 0.3) is 5.91 Å². The Morgan fingerprint density at radius 3 is 2.59 bits per heavy atom. The first-order valence-corrected chi connectivity index (χ1v) is 9.89. The lowest BCUT2D eigenvalue weighted by Gasteiger charge is -2.19. The molecule has 0 unspecified atom stereocenters. The molecule has 1 aliphatic rings. The molecule has 2 aromatic rings. The molecular weight excluding hydrogens is 384 g/mol. The second kappa shape index (κ2) is 7.82. The Bertz CT molecular complexity index is 918. The maximum Gasteiger partial charge on any atom is 0.311 e. The van der Waals surface area contributed by atoms with Crippen molar-refractivity contribution < 1.29 is 14.3 Å². The smallest absolute Gasteiger partial charge is 0.311 e. The van der Waals surface area contributed by atoms with Gasteiger partial charge in [0.15, 0.2) is 0 Å². The van der Waals surface area contributed by atoms with Gasteiger partial charge in [-0.3, -0.25) is 14.6 Å². The van der Waals surface area contributed by atoms with Crippen molar-refractivity contribution in [2.45, 2.75) is 33.2 Å². The predicted molar refractivity (Wildman–Crippen MR) is 109 cm³/mol. The van der Waals surface area contributed by atoms with E-state index in [0.717, 1.165) is 26.6 Å². The van der Waals surface area contributed by atoms with Crippen LogP contribution < -0.4 is 5.32 Å². The number of methoxy groups -OCH3 is 1. The molecule has 0 fully saturated rings. The monoisotopic (exact) mass is 404 g/mol. The summed E-state index contributed by atoms with van der Waals surface area (Å²) in [6.07, 6.45) is 0.452.